The SMILES string of the molecule is COCCN1CCC(CN(Cc2ccncc2)Cc2sccc2C)CC1. The molecular formula is C21H31N3OS. The molecule has 0 radical (unpaired) electrons. The van der Waals surface area contributed by atoms with Crippen LogP contribution in [0.4, 0.5) is 0 Å². The van der Waals surface area contributed by atoms with Crippen LogP contribution in [0, 0.1) is 12.8 Å². The van der Waals surface area contributed by atoms with Gasteiger partial charge in [-0.1, -0.05) is 0 Å². The van der Waals surface area contributed by atoms with Crippen molar-refractivity contribution in [3.63, 3.8) is 0 Å². The molecule has 0 N–H and O–H groups in total. The molecule has 1 aliphatic heterocycles. The number of aromatic nitrogens is 1. The van der Waals surface area contributed by atoms with E-state index in [1.807, 2.05) is 23.7 Å². The summed E-state index contributed by atoms with van der Waals surface area (Å²) < 4.78 is 5.22. The molecule has 1 saturated heterocycles. The molecule has 0 unspecified atom stereocenters. The van der Waals surface area contributed by atoms with Gasteiger partial charge >= 0.3 is 0 Å². The van der Waals surface area contributed by atoms with Crippen LogP contribution in [0.5, 0.6) is 0 Å². The summed E-state index contributed by atoms with van der Waals surface area (Å²) in [6.45, 7) is 9.78. The van der Waals surface area contributed by atoms with E-state index in [-0.39, 0.29) is 0 Å². The highest BCUT2D eigenvalue weighted by molar-refractivity contribution is 7.10. The summed E-state index contributed by atoms with van der Waals surface area (Å²) in [6, 6.07) is 6.52. The van der Waals surface area contributed by atoms with Gasteiger partial charge < -0.3 is 9.64 Å². The molecule has 0 aliphatic carbocycles. The molecule has 3 rings (SSSR count). The van der Waals surface area contributed by atoms with Crippen molar-refractivity contribution in [3.05, 3.63) is 52.0 Å². The molecule has 0 bridgehead atoms. The van der Waals surface area contributed by atoms with Crippen molar-refractivity contribution in [2.24, 2.45) is 5.92 Å². The molecule has 0 amide bonds. The zero-order chi connectivity index (χ0) is 18.2. The summed E-state index contributed by atoms with van der Waals surface area (Å²) in [5.41, 5.74) is 2.77. The summed E-state index contributed by atoms with van der Waals surface area (Å²) in [7, 11) is 1.79. The third kappa shape index (κ3) is 5.88. The van der Waals surface area contributed by atoms with E-state index in [4.69, 9.17) is 4.74 Å². The number of thiophene rings is 1. The van der Waals surface area contributed by atoms with Crippen LogP contribution < -0.4 is 0 Å². The normalized spacial score (nSPS) is 16.4. The molecule has 0 aromatic carbocycles. The maximum atomic E-state index is 5.22. The summed E-state index contributed by atoms with van der Waals surface area (Å²) in [5.74, 6) is 0.788. The number of rotatable bonds is 9. The minimum absolute atomic E-state index is 0.788. The molecule has 5 heteroatoms. The van der Waals surface area contributed by atoms with Crippen LogP contribution in [-0.4, -0.2) is 54.7 Å². The van der Waals surface area contributed by atoms with Crippen LogP contribution in [0.3, 0.4) is 0 Å². The van der Waals surface area contributed by atoms with Crippen molar-refractivity contribution < 1.29 is 4.74 Å². The maximum absolute atomic E-state index is 5.22. The van der Waals surface area contributed by atoms with Crippen LogP contribution in [0.2, 0.25) is 0 Å². The van der Waals surface area contributed by atoms with E-state index >= 15 is 0 Å². The first-order valence-corrected chi connectivity index (χ1v) is 10.5. The molecule has 1 aliphatic rings. The molecule has 142 valence electrons. The summed E-state index contributed by atoms with van der Waals surface area (Å²) in [5, 5.41) is 2.21. The van der Waals surface area contributed by atoms with Gasteiger partial charge in [0.05, 0.1) is 6.61 Å². The number of aryl methyl sites for hydroxylation is 1. The van der Waals surface area contributed by atoms with Gasteiger partial charge in [-0.2, -0.15) is 0 Å². The van der Waals surface area contributed by atoms with Crippen molar-refractivity contribution in [1.82, 2.24) is 14.8 Å². The Kier molecular flexibility index (Phi) is 7.62. The van der Waals surface area contributed by atoms with Crippen LogP contribution in [0.15, 0.2) is 36.0 Å². The topological polar surface area (TPSA) is 28.6 Å². The molecule has 0 saturated carbocycles. The number of pyridine rings is 1. The Hall–Kier alpha value is -1.27. The zero-order valence-electron chi connectivity index (χ0n) is 16.1. The van der Waals surface area contributed by atoms with E-state index in [1.165, 1.54) is 48.5 Å². The van der Waals surface area contributed by atoms with Crippen molar-refractivity contribution in [2.45, 2.75) is 32.9 Å². The minimum Gasteiger partial charge on any atom is -0.383 e. The molecule has 3 heterocycles. The predicted molar refractivity (Wildman–Crippen MR) is 108 cm³/mol. The molecule has 4 nitrogen and oxygen atoms in total. The van der Waals surface area contributed by atoms with E-state index in [2.05, 4.69) is 45.3 Å². The molecule has 2 aromatic heterocycles. The van der Waals surface area contributed by atoms with E-state index in [0.29, 0.717) is 0 Å². The third-order valence-corrected chi connectivity index (χ3v) is 6.33. The van der Waals surface area contributed by atoms with Gasteiger partial charge in [-0.25, -0.2) is 0 Å². The number of nitrogens with zero attached hydrogens (tertiary/aromatic N) is 3. The number of ether oxygens (including phenoxy) is 1. The highest BCUT2D eigenvalue weighted by Crippen LogP contribution is 2.23. The number of likely N-dealkylation sites (tertiary alicyclic amines) is 1. The average Bonchev–Trinajstić information content (AvgIpc) is 3.06. The lowest BCUT2D eigenvalue weighted by molar-refractivity contribution is 0.104. The van der Waals surface area contributed by atoms with Crippen molar-refractivity contribution >= 4 is 11.3 Å². The molecule has 0 atom stereocenters. The fraction of sp³-hybridized carbons (Fsp3) is 0.571. The first kappa shape index (κ1) is 19.5. The monoisotopic (exact) mass is 373 g/mol. The average molecular weight is 374 g/mol. The minimum atomic E-state index is 0.788. The Bertz CT molecular complexity index is 638. The van der Waals surface area contributed by atoms with E-state index in [0.717, 1.165) is 32.2 Å². The Balaban J connectivity index is 1.58. The number of methoxy groups -OCH3 is 1. The highest BCUT2D eigenvalue weighted by atomic mass is 32.1. The van der Waals surface area contributed by atoms with Crippen molar-refractivity contribution in [3.8, 4) is 0 Å². The van der Waals surface area contributed by atoms with Crippen LogP contribution >= 0.6 is 11.3 Å². The van der Waals surface area contributed by atoms with Gasteiger partial charge in [-0.3, -0.25) is 9.88 Å². The summed E-state index contributed by atoms with van der Waals surface area (Å²) in [4.78, 5) is 10.8. The van der Waals surface area contributed by atoms with Crippen LogP contribution in [-0.2, 0) is 17.8 Å². The van der Waals surface area contributed by atoms with Crippen LogP contribution in [0.25, 0.3) is 0 Å². The first-order chi connectivity index (χ1) is 12.7. The fourth-order valence-electron chi connectivity index (χ4n) is 3.68. The number of hydrogen-bond donors (Lipinski definition) is 0. The first-order valence-electron chi connectivity index (χ1n) is 9.60. The van der Waals surface area contributed by atoms with E-state index < -0.39 is 0 Å². The van der Waals surface area contributed by atoms with Gasteiger partial charge in [-0.15, -0.1) is 11.3 Å². The Morgan fingerprint density at radius 1 is 1.19 bits per heavy atom. The zero-order valence-corrected chi connectivity index (χ0v) is 16.9. The maximum Gasteiger partial charge on any atom is 0.0589 e. The van der Waals surface area contributed by atoms with Crippen LogP contribution in [0.1, 0.15) is 28.8 Å². The fourth-order valence-corrected chi connectivity index (χ4v) is 4.63. The molecule has 0 spiro atoms. The van der Waals surface area contributed by atoms with Crippen molar-refractivity contribution in [1.29, 1.82) is 0 Å². The summed E-state index contributed by atoms with van der Waals surface area (Å²) in [6.07, 6.45) is 6.39. The largest absolute Gasteiger partial charge is 0.383 e. The highest BCUT2D eigenvalue weighted by Gasteiger charge is 2.22. The third-order valence-electron chi connectivity index (χ3n) is 5.33. The standard InChI is InChI=1S/C21H31N3OS/c1-18-7-14-26-21(18)17-24(15-19-3-8-22-9-4-19)16-20-5-10-23(11-6-20)12-13-25-2/h3-4,7-9,14,20H,5-6,10-13,15-17H2,1-2H3. The van der Waals surface area contributed by atoms with Gasteiger partial charge in [0.1, 0.15) is 0 Å². The smallest absolute Gasteiger partial charge is 0.0589 e. The quantitative estimate of drug-likeness (QED) is 0.668. The second kappa shape index (κ2) is 10.2. The van der Waals surface area contributed by atoms with Gasteiger partial charge in [0.25, 0.3) is 0 Å². The predicted octanol–water partition coefficient (Wildman–Crippen LogP) is 3.81. The second-order valence-corrected chi connectivity index (χ2v) is 8.33. The molecule has 2 aromatic rings. The van der Waals surface area contributed by atoms with Gasteiger partial charge in [-0.05, 0) is 73.5 Å². The Labute approximate surface area is 161 Å². The Morgan fingerprint density at radius 3 is 2.62 bits per heavy atom. The lowest BCUT2D eigenvalue weighted by Crippen LogP contribution is -2.39. The van der Waals surface area contributed by atoms with Gasteiger partial charge in [0.2, 0.25) is 0 Å². The van der Waals surface area contributed by atoms with Gasteiger partial charge in [0, 0.05) is 50.6 Å². The molecule has 1 fully saturated rings. The summed E-state index contributed by atoms with van der Waals surface area (Å²) >= 11 is 1.88. The van der Waals surface area contributed by atoms with Gasteiger partial charge in [0.15, 0.2) is 0 Å². The second-order valence-electron chi connectivity index (χ2n) is 7.33. The number of piperidine rings is 1. The lowest BCUT2D eigenvalue weighted by atomic mass is 9.96. The lowest BCUT2D eigenvalue weighted by Gasteiger charge is -2.35. The molecule has 26 heavy (non-hydrogen) atoms. The number of hydrogen-bond acceptors (Lipinski definition) is 5. The molecular weight excluding hydrogens is 342 g/mol. The van der Waals surface area contributed by atoms with E-state index in [9.17, 15) is 0 Å². The Morgan fingerprint density at radius 2 is 1.96 bits per heavy atom. The van der Waals surface area contributed by atoms with E-state index in [1.54, 1.807) is 7.11 Å². The van der Waals surface area contributed by atoms with Crippen molar-refractivity contribution in [2.75, 3.05) is 39.9 Å².